The normalized spacial score (nSPS) is 9.73. The lowest BCUT2D eigenvalue weighted by Crippen LogP contribution is -2.12. The SMILES string of the molecule is COc1ccc(OCCN)c(C(=O)O)c1. The van der Waals surface area contributed by atoms with Gasteiger partial charge in [0, 0.05) is 6.54 Å². The van der Waals surface area contributed by atoms with Crippen molar-refractivity contribution < 1.29 is 19.4 Å². The molecule has 0 aliphatic heterocycles. The molecule has 5 heteroatoms. The Balaban J connectivity index is 2.98. The molecule has 0 amide bonds. The fourth-order valence-corrected chi connectivity index (χ4v) is 1.10. The predicted molar refractivity (Wildman–Crippen MR) is 54.5 cm³/mol. The standard InChI is InChI=1S/C10H13NO4/c1-14-7-2-3-9(15-5-4-11)8(6-7)10(12)13/h2-3,6H,4-5,11H2,1H3,(H,12,13). The minimum Gasteiger partial charge on any atom is -0.497 e. The van der Waals surface area contributed by atoms with Crippen LogP contribution >= 0.6 is 0 Å². The molecule has 1 aromatic carbocycles. The van der Waals surface area contributed by atoms with E-state index in [1.54, 1.807) is 12.1 Å². The number of aromatic carboxylic acids is 1. The van der Waals surface area contributed by atoms with E-state index in [1.807, 2.05) is 0 Å². The highest BCUT2D eigenvalue weighted by Gasteiger charge is 2.12. The van der Waals surface area contributed by atoms with Crippen LogP contribution in [0.4, 0.5) is 0 Å². The van der Waals surface area contributed by atoms with Crippen molar-refractivity contribution in [2.45, 2.75) is 0 Å². The Hall–Kier alpha value is -1.75. The van der Waals surface area contributed by atoms with E-state index < -0.39 is 5.97 Å². The smallest absolute Gasteiger partial charge is 0.339 e. The summed E-state index contributed by atoms with van der Waals surface area (Å²) in [6.07, 6.45) is 0. The molecule has 1 rings (SSSR count). The molecule has 0 aromatic heterocycles. The first-order valence-electron chi connectivity index (χ1n) is 4.43. The minimum atomic E-state index is -1.05. The van der Waals surface area contributed by atoms with Gasteiger partial charge in [-0.2, -0.15) is 0 Å². The molecule has 0 radical (unpaired) electrons. The Morgan fingerprint density at radius 1 is 1.53 bits per heavy atom. The van der Waals surface area contributed by atoms with Gasteiger partial charge in [0.25, 0.3) is 0 Å². The minimum absolute atomic E-state index is 0.0720. The number of nitrogens with two attached hydrogens (primary N) is 1. The van der Waals surface area contributed by atoms with Crippen molar-refractivity contribution in [3.05, 3.63) is 23.8 Å². The van der Waals surface area contributed by atoms with E-state index in [2.05, 4.69) is 0 Å². The van der Waals surface area contributed by atoms with Crippen LogP contribution < -0.4 is 15.2 Å². The molecule has 0 aliphatic carbocycles. The molecule has 0 atom stereocenters. The Bertz CT molecular complexity index is 351. The zero-order chi connectivity index (χ0) is 11.3. The van der Waals surface area contributed by atoms with Crippen molar-refractivity contribution in [2.24, 2.45) is 5.73 Å². The van der Waals surface area contributed by atoms with Gasteiger partial charge < -0.3 is 20.3 Å². The second-order valence-electron chi connectivity index (χ2n) is 2.80. The van der Waals surface area contributed by atoms with Crippen molar-refractivity contribution in [3.63, 3.8) is 0 Å². The number of methoxy groups -OCH3 is 1. The van der Waals surface area contributed by atoms with E-state index in [9.17, 15) is 4.79 Å². The van der Waals surface area contributed by atoms with Gasteiger partial charge in [-0.15, -0.1) is 0 Å². The van der Waals surface area contributed by atoms with E-state index in [1.165, 1.54) is 13.2 Å². The first kappa shape index (κ1) is 11.3. The van der Waals surface area contributed by atoms with Crippen LogP contribution in [0.1, 0.15) is 10.4 Å². The molecule has 0 aliphatic rings. The molecular weight excluding hydrogens is 198 g/mol. The van der Waals surface area contributed by atoms with Crippen LogP contribution in [0.25, 0.3) is 0 Å². The Labute approximate surface area is 87.4 Å². The lowest BCUT2D eigenvalue weighted by molar-refractivity contribution is 0.0692. The highest BCUT2D eigenvalue weighted by atomic mass is 16.5. The first-order chi connectivity index (χ1) is 7.19. The average Bonchev–Trinajstić information content (AvgIpc) is 2.26. The molecule has 1 aromatic rings. The monoisotopic (exact) mass is 211 g/mol. The van der Waals surface area contributed by atoms with Gasteiger partial charge in [-0.25, -0.2) is 4.79 Å². The van der Waals surface area contributed by atoms with E-state index in [0.29, 0.717) is 18.0 Å². The summed E-state index contributed by atoms with van der Waals surface area (Å²) in [7, 11) is 1.47. The molecule has 0 unspecified atom stereocenters. The van der Waals surface area contributed by atoms with Crippen LogP contribution in [0.5, 0.6) is 11.5 Å². The van der Waals surface area contributed by atoms with Gasteiger partial charge in [-0.3, -0.25) is 0 Å². The van der Waals surface area contributed by atoms with E-state index in [0.717, 1.165) is 0 Å². The Morgan fingerprint density at radius 3 is 2.80 bits per heavy atom. The molecule has 0 heterocycles. The predicted octanol–water partition coefficient (Wildman–Crippen LogP) is 0.731. The largest absolute Gasteiger partial charge is 0.497 e. The van der Waals surface area contributed by atoms with Crippen molar-refractivity contribution >= 4 is 5.97 Å². The third-order valence-electron chi connectivity index (χ3n) is 1.79. The molecule has 0 bridgehead atoms. The zero-order valence-electron chi connectivity index (χ0n) is 8.40. The van der Waals surface area contributed by atoms with Gasteiger partial charge in [-0.1, -0.05) is 0 Å². The summed E-state index contributed by atoms with van der Waals surface area (Å²) < 4.78 is 10.1. The highest BCUT2D eigenvalue weighted by Crippen LogP contribution is 2.23. The van der Waals surface area contributed by atoms with Gasteiger partial charge in [0.15, 0.2) is 0 Å². The summed E-state index contributed by atoms with van der Waals surface area (Å²) >= 11 is 0. The quantitative estimate of drug-likeness (QED) is 0.750. The lowest BCUT2D eigenvalue weighted by Gasteiger charge is -2.09. The third kappa shape index (κ3) is 2.85. The van der Waals surface area contributed by atoms with Gasteiger partial charge in [0.05, 0.1) is 7.11 Å². The summed E-state index contributed by atoms with van der Waals surface area (Å²) in [6.45, 7) is 0.623. The maximum Gasteiger partial charge on any atom is 0.339 e. The van der Waals surface area contributed by atoms with E-state index in [-0.39, 0.29) is 12.2 Å². The fraction of sp³-hybridized carbons (Fsp3) is 0.300. The number of carboxylic acids is 1. The lowest BCUT2D eigenvalue weighted by atomic mass is 10.2. The number of ether oxygens (including phenoxy) is 2. The van der Waals surface area contributed by atoms with Crippen molar-refractivity contribution in [1.82, 2.24) is 0 Å². The number of rotatable bonds is 5. The first-order valence-corrected chi connectivity index (χ1v) is 4.43. The number of carbonyl (C=O) groups is 1. The molecule has 15 heavy (non-hydrogen) atoms. The summed E-state index contributed by atoms with van der Waals surface area (Å²) in [5.74, 6) is -0.276. The molecule has 0 spiro atoms. The van der Waals surface area contributed by atoms with Crippen LogP contribution in [0.2, 0.25) is 0 Å². The van der Waals surface area contributed by atoms with Crippen LogP contribution in [-0.2, 0) is 0 Å². The Morgan fingerprint density at radius 2 is 2.27 bits per heavy atom. The molecule has 0 saturated heterocycles. The molecule has 82 valence electrons. The van der Waals surface area contributed by atoms with Crippen molar-refractivity contribution in [2.75, 3.05) is 20.3 Å². The molecule has 5 nitrogen and oxygen atoms in total. The number of carboxylic acid groups (broad SMARTS) is 1. The second kappa shape index (κ2) is 5.21. The third-order valence-corrected chi connectivity index (χ3v) is 1.79. The van der Waals surface area contributed by atoms with Gasteiger partial charge in [0.2, 0.25) is 0 Å². The topological polar surface area (TPSA) is 81.8 Å². The zero-order valence-corrected chi connectivity index (χ0v) is 8.40. The van der Waals surface area contributed by atoms with Crippen LogP contribution in [0.15, 0.2) is 18.2 Å². The van der Waals surface area contributed by atoms with Crippen molar-refractivity contribution in [3.8, 4) is 11.5 Å². The summed E-state index contributed by atoms with van der Waals surface area (Å²) in [4.78, 5) is 10.9. The molecule has 3 N–H and O–H groups in total. The highest BCUT2D eigenvalue weighted by molar-refractivity contribution is 5.91. The fourth-order valence-electron chi connectivity index (χ4n) is 1.10. The molecule has 0 saturated carbocycles. The van der Waals surface area contributed by atoms with Crippen LogP contribution in [0, 0.1) is 0 Å². The Kier molecular flexibility index (Phi) is 3.93. The van der Waals surface area contributed by atoms with Gasteiger partial charge in [0.1, 0.15) is 23.7 Å². The van der Waals surface area contributed by atoms with Crippen LogP contribution in [-0.4, -0.2) is 31.3 Å². The maximum absolute atomic E-state index is 10.9. The average molecular weight is 211 g/mol. The van der Waals surface area contributed by atoms with Gasteiger partial charge in [-0.05, 0) is 18.2 Å². The molecular formula is C10H13NO4. The van der Waals surface area contributed by atoms with Gasteiger partial charge >= 0.3 is 5.97 Å². The second-order valence-corrected chi connectivity index (χ2v) is 2.80. The summed E-state index contributed by atoms with van der Waals surface area (Å²) in [6, 6.07) is 4.60. The van der Waals surface area contributed by atoms with E-state index in [4.69, 9.17) is 20.3 Å². The van der Waals surface area contributed by atoms with E-state index >= 15 is 0 Å². The maximum atomic E-state index is 10.9. The van der Waals surface area contributed by atoms with Crippen LogP contribution in [0.3, 0.4) is 0 Å². The number of benzene rings is 1. The number of hydrogen-bond acceptors (Lipinski definition) is 4. The number of hydrogen-bond donors (Lipinski definition) is 2. The van der Waals surface area contributed by atoms with Crippen molar-refractivity contribution in [1.29, 1.82) is 0 Å². The summed E-state index contributed by atoms with van der Waals surface area (Å²) in [5, 5.41) is 8.92. The molecule has 0 fully saturated rings. The summed E-state index contributed by atoms with van der Waals surface area (Å²) in [5.41, 5.74) is 5.33.